The fourth-order valence-electron chi connectivity index (χ4n) is 2.34. The van der Waals surface area contributed by atoms with Gasteiger partial charge in [0.25, 0.3) is 0 Å². The minimum Gasteiger partial charge on any atom is -0.384 e. The van der Waals surface area contributed by atoms with Crippen LogP contribution in [0, 0.1) is 0 Å². The Labute approximate surface area is 128 Å². The standard InChI is InChI=1S/C13H20ClN5O2/c1-21-7-4-12(20)19-5-2-9(3-6-19)16-11-8-10(14)17-13(15)18-11/h8-9H,2-7H2,1H3,(H3,15,16,17,18). The molecule has 0 aliphatic carbocycles. The number of piperidine rings is 1. The van der Waals surface area contributed by atoms with Gasteiger partial charge in [0.2, 0.25) is 11.9 Å². The first kappa shape index (κ1) is 15.8. The van der Waals surface area contributed by atoms with E-state index in [4.69, 9.17) is 22.1 Å². The van der Waals surface area contributed by atoms with E-state index in [1.165, 1.54) is 0 Å². The molecule has 0 radical (unpaired) electrons. The molecule has 0 saturated carbocycles. The molecule has 1 fully saturated rings. The van der Waals surface area contributed by atoms with Crippen LogP contribution in [0.3, 0.4) is 0 Å². The third-order valence-electron chi connectivity index (χ3n) is 3.43. The number of aromatic nitrogens is 2. The quantitative estimate of drug-likeness (QED) is 0.792. The van der Waals surface area contributed by atoms with E-state index in [1.807, 2.05) is 4.90 Å². The second-order valence-electron chi connectivity index (χ2n) is 4.98. The summed E-state index contributed by atoms with van der Waals surface area (Å²) in [4.78, 5) is 21.7. The molecular formula is C13H20ClN5O2. The lowest BCUT2D eigenvalue weighted by Crippen LogP contribution is -2.42. The molecule has 1 aromatic heterocycles. The first-order valence-electron chi connectivity index (χ1n) is 6.92. The predicted octanol–water partition coefficient (Wildman–Crippen LogP) is 1.15. The first-order chi connectivity index (χ1) is 10.1. The fraction of sp³-hybridized carbons (Fsp3) is 0.615. The van der Waals surface area contributed by atoms with E-state index in [9.17, 15) is 4.79 Å². The monoisotopic (exact) mass is 313 g/mol. The molecule has 0 spiro atoms. The van der Waals surface area contributed by atoms with Gasteiger partial charge in [0.15, 0.2) is 0 Å². The van der Waals surface area contributed by atoms with Gasteiger partial charge in [-0.1, -0.05) is 11.6 Å². The number of anilines is 2. The minimum absolute atomic E-state index is 0.143. The van der Waals surface area contributed by atoms with Gasteiger partial charge in [-0.3, -0.25) is 4.79 Å². The van der Waals surface area contributed by atoms with Gasteiger partial charge in [0.1, 0.15) is 11.0 Å². The molecule has 0 bridgehead atoms. The number of halogens is 1. The van der Waals surface area contributed by atoms with Crippen LogP contribution in [-0.4, -0.2) is 53.6 Å². The van der Waals surface area contributed by atoms with Crippen molar-refractivity contribution in [3.8, 4) is 0 Å². The van der Waals surface area contributed by atoms with Crippen LogP contribution in [0.5, 0.6) is 0 Å². The van der Waals surface area contributed by atoms with Gasteiger partial charge in [0.05, 0.1) is 13.0 Å². The van der Waals surface area contributed by atoms with Crippen molar-refractivity contribution >= 4 is 29.3 Å². The Balaban J connectivity index is 1.82. The van der Waals surface area contributed by atoms with Crippen LogP contribution in [0.2, 0.25) is 5.15 Å². The second-order valence-corrected chi connectivity index (χ2v) is 5.36. The van der Waals surface area contributed by atoms with Crippen molar-refractivity contribution in [2.75, 3.05) is 37.9 Å². The molecule has 1 aromatic rings. The Kier molecular flexibility index (Phi) is 5.58. The highest BCUT2D eigenvalue weighted by Gasteiger charge is 2.22. The number of rotatable bonds is 5. The van der Waals surface area contributed by atoms with Gasteiger partial charge in [-0.05, 0) is 12.8 Å². The molecule has 7 nitrogen and oxygen atoms in total. The van der Waals surface area contributed by atoms with Gasteiger partial charge in [-0.15, -0.1) is 0 Å². The fourth-order valence-corrected chi connectivity index (χ4v) is 2.53. The van der Waals surface area contributed by atoms with Gasteiger partial charge in [0, 0.05) is 32.3 Å². The number of likely N-dealkylation sites (tertiary alicyclic amines) is 1. The summed E-state index contributed by atoms with van der Waals surface area (Å²) in [6, 6.07) is 1.90. The normalized spacial score (nSPS) is 16.0. The van der Waals surface area contributed by atoms with Crippen LogP contribution in [-0.2, 0) is 9.53 Å². The zero-order valence-electron chi connectivity index (χ0n) is 12.0. The van der Waals surface area contributed by atoms with Crippen LogP contribution in [0.15, 0.2) is 6.07 Å². The minimum atomic E-state index is 0.143. The van der Waals surface area contributed by atoms with Crippen LogP contribution in [0.4, 0.5) is 11.8 Å². The topological polar surface area (TPSA) is 93.4 Å². The number of hydrogen-bond acceptors (Lipinski definition) is 6. The van der Waals surface area contributed by atoms with Crippen LogP contribution < -0.4 is 11.1 Å². The van der Waals surface area contributed by atoms with Crippen molar-refractivity contribution in [2.24, 2.45) is 0 Å². The van der Waals surface area contributed by atoms with E-state index in [0.29, 0.717) is 24.0 Å². The smallest absolute Gasteiger partial charge is 0.224 e. The summed E-state index contributed by atoms with van der Waals surface area (Å²) in [5.74, 6) is 0.915. The molecule has 1 aliphatic heterocycles. The lowest BCUT2D eigenvalue weighted by molar-refractivity contribution is -0.133. The number of hydrogen-bond donors (Lipinski definition) is 2. The van der Waals surface area contributed by atoms with Gasteiger partial charge >= 0.3 is 0 Å². The molecule has 1 aliphatic rings. The van der Waals surface area contributed by atoms with E-state index in [2.05, 4.69) is 15.3 Å². The van der Waals surface area contributed by atoms with Crippen molar-refractivity contribution in [2.45, 2.75) is 25.3 Å². The number of ether oxygens (including phenoxy) is 1. The Morgan fingerprint density at radius 1 is 1.52 bits per heavy atom. The van der Waals surface area contributed by atoms with E-state index in [-0.39, 0.29) is 17.9 Å². The number of carbonyl (C=O) groups excluding carboxylic acids is 1. The third kappa shape index (κ3) is 4.71. The maximum absolute atomic E-state index is 11.9. The molecule has 8 heteroatoms. The Bertz CT molecular complexity index is 471. The maximum atomic E-state index is 11.9. The highest BCUT2D eigenvalue weighted by molar-refractivity contribution is 6.29. The summed E-state index contributed by atoms with van der Waals surface area (Å²) in [5, 5.41) is 3.60. The summed E-state index contributed by atoms with van der Waals surface area (Å²) in [6.45, 7) is 1.93. The van der Waals surface area contributed by atoms with Crippen molar-refractivity contribution in [1.29, 1.82) is 0 Å². The second kappa shape index (κ2) is 7.42. The van der Waals surface area contributed by atoms with Crippen molar-refractivity contribution in [3.63, 3.8) is 0 Å². The number of carbonyl (C=O) groups is 1. The maximum Gasteiger partial charge on any atom is 0.224 e. The molecule has 3 N–H and O–H groups in total. The highest BCUT2D eigenvalue weighted by atomic mass is 35.5. The lowest BCUT2D eigenvalue weighted by Gasteiger charge is -2.32. The zero-order chi connectivity index (χ0) is 15.2. The Hall–Kier alpha value is -1.60. The molecule has 2 heterocycles. The number of nitrogens with zero attached hydrogens (tertiary/aromatic N) is 3. The number of methoxy groups -OCH3 is 1. The summed E-state index contributed by atoms with van der Waals surface area (Å²) < 4.78 is 4.93. The van der Waals surface area contributed by atoms with Crippen LogP contribution >= 0.6 is 11.6 Å². The van der Waals surface area contributed by atoms with E-state index >= 15 is 0 Å². The molecule has 2 rings (SSSR count). The largest absolute Gasteiger partial charge is 0.384 e. The summed E-state index contributed by atoms with van der Waals surface area (Å²) >= 11 is 5.85. The lowest BCUT2D eigenvalue weighted by atomic mass is 10.0. The third-order valence-corrected chi connectivity index (χ3v) is 3.63. The van der Waals surface area contributed by atoms with E-state index in [1.54, 1.807) is 13.2 Å². The van der Waals surface area contributed by atoms with E-state index in [0.717, 1.165) is 25.9 Å². The average Bonchev–Trinajstić information content (AvgIpc) is 2.44. The molecular weight excluding hydrogens is 294 g/mol. The Morgan fingerprint density at radius 3 is 2.86 bits per heavy atom. The zero-order valence-corrected chi connectivity index (χ0v) is 12.8. The molecule has 0 unspecified atom stereocenters. The summed E-state index contributed by atoms with van der Waals surface area (Å²) in [5.41, 5.74) is 5.56. The number of amides is 1. The molecule has 21 heavy (non-hydrogen) atoms. The predicted molar refractivity (Wildman–Crippen MR) is 81.2 cm³/mol. The average molecular weight is 314 g/mol. The van der Waals surface area contributed by atoms with Crippen molar-refractivity contribution in [3.05, 3.63) is 11.2 Å². The molecule has 1 saturated heterocycles. The van der Waals surface area contributed by atoms with Gasteiger partial charge in [-0.2, -0.15) is 4.98 Å². The van der Waals surface area contributed by atoms with Crippen molar-refractivity contribution < 1.29 is 9.53 Å². The summed E-state index contributed by atoms with van der Waals surface area (Å²) in [6.07, 6.45) is 2.16. The van der Waals surface area contributed by atoms with Crippen molar-refractivity contribution in [1.82, 2.24) is 14.9 Å². The first-order valence-corrected chi connectivity index (χ1v) is 7.29. The highest BCUT2D eigenvalue weighted by Crippen LogP contribution is 2.18. The molecule has 116 valence electrons. The molecule has 0 atom stereocenters. The number of nitrogen functional groups attached to an aromatic ring is 1. The molecule has 0 aromatic carbocycles. The van der Waals surface area contributed by atoms with Gasteiger partial charge in [-0.25, -0.2) is 4.98 Å². The number of nitrogens with one attached hydrogen (secondary N) is 1. The SMILES string of the molecule is COCCC(=O)N1CCC(Nc2cc(Cl)nc(N)n2)CC1. The number of nitrogens with two attached hydrogens (primary N) is 1. The van der Waals surface area contributed by atoms with Crippen LogP contribution in [0.1, 0.15) is 19.3 Å². The van der Waals surface area contributed by atoms with Gasteiger partial charge < -0.3 is 20.7 Å². The Morgan fingerprint density at radius 2 is 2.24 bits per heavy atom. The molecule has 1 amide bonds. The van der Waals surface area contributed by atoms with Crippen LogP contribution in [0.25, 0.3) is 0 Å². The van der Waals surface area contributed by atoms with E-state index < -0.39 is 0 Å². The summed E-state index contributed by atoms with van der Waals surface area (Å²) in [7, 11) is 1.60.